The van der Waals surface area contributed by atoms with Crippen LogP contribution in [0.15, 0.2) is 35.2 Å². The molecule has 124 valence electrons. The number of nitrogens with zero attached hydrogens (tertiary/aromatic N) is 1. The maximum absolute atomic E-state index is 13.6. The number of carbonyl (C=O) groups excluding carboxylic acids is 1. The summed E-state index contributed by atoms with van der Waals surface area (Å²) in [6, 6.07) is 6.45. The quantitative estimate of drug-likeness (QED) is 0.414. The number of rotatable bonds is 4. The largest absolute Gasteiger partial charge is 0.301 e. The lowest BCUT2D eigenvalue weighted by atomic mass is 10.3. The Morgan fingerprint density at radius 2 is 1.83 bits per heavy atom. The van der Waals surface area contributed by atoms with E-state index in [4.69, 9.17) is 0 Å². The summed E-state index contributed by atoms with van der Waals surface area (Å²) >= 11 is 2.01. The van der Waals surface area contributed by atoms with Crippen LogP contribution in [0.2, 0.25) is 0 Å². The number of halogens is 4. The molecular weight excluding hydrogens is 364 g/mol. The average molecular weight is 372 g/mol. The molecule has 0 radical (unpaired) electrons. The first-order valence-electron chi connectivity index (χ1n) is 6.56. The molecule has 0 spiro atoms. The Morgan fingerprint density at radius 3 is 2.54 bits per heavy atom. The first-order valence-corrected chi connectivity index (χ1v) is 8.36. The average Bonchev–Trinajstić information content (AvgIpc) is 2.94. The molecule has 0 saturated carbocycles. The fourth-order valence-electron chi connectivity index (χ4n) is 1.86. The molecule has 0 unspecified atom stereocenters. The minimum absolute atomic E-state index is 0.0206. The first kappa shape index (κ1) is 16.7. The zero-order chi connectivity index (χ0) is 17.3. The summed E-state index contributed by atoms with van der Waals surface area (Å²) in [6.07, 6.45) is 0. The SMILES string of the molecule is O=C(CSc1ccc(F)cc1)Nc1nc2c(F)c(F)c(F)cc2s1. The molecule has 9 heteroatoms. The van der Waals surface area contributed by atoms with Gasteiger partial charge in [0.2, 0.25) is 5.91 Å². The number of hydrogen-bond acceptors (Lipinski definition) is 4. The predicted molar refractivity (Wildman–Crippen MR) is 85.2 cm³/mol. The minimum Gasteiger partial charge on any atom is -0.301 e. The summed E-state index contributed by atoms with van der Waals surface area (Å²) in [7, 11) is 0. The Labute approximate surface area is 141 Å². The number of aromatic nitrogens is 1. The minimum atomic E-state index is -1.60. The molecule has 0 saturated heterocycles. The molecule has 0 bridgehead atoms. The predicted octanol–water partition coefficient (Wildman–Crippen LogP) is 4.58. The molecule has 1 aromatic heterocycles. The Hall–Kier alpha value is -2.13. The van der Waals surface area contributed by atoms with Crippen LogP contribution in [0.1, 0.15) is 0 Å². The van der Waals surface area contributed by atoms with Crippen molar-refractivity contribution in [3.8, 4) is 0 Å². The second kappa shape index (κ2) is 6.78. The molecule has 0 aliphatic heterocycles. The Morgan fingerprint density at radius 1 is 1.12 bits per heavy atom. The lowest BCUT2D eigenvalue weighted by molar-refractivity contribution is -0.113. The maximum atomic E-state index is 13.6. The van der Waals surface area contributed by atoms with E-state index in [9.17, 15) is 22.4 Å². The van der Waals surface area contributed by atoms with Crippen LogP contribution in [-0.2, 0) is 4.79 Å². The third-order valence-electron chi connectivity index (χ3n) is 2.95. The fraction of sp³-hybridized carbons (Fsp3) is 0.0667. The van der Waals surface area contributed by atoms with Gasteiger partial charge >= 0.3 is 0 Å². The van der Waals surface area contributed by atoms with Crippen molar-refractivity contribution >= 4 is 44.4 Å². The van der Waals surface area contributed by atoms with Crippen molar-refractivity contribution in [3.63, 3.8) is 0 Å². The standard InChI is InChI=1S/C15H8F4N2OS2/c16-7-1-3-8(4-2-7)23-6-11(22)20-15-21-14-10(24-15)5-9(17)12(18)13(14)19/h1-5H,6H2,(H,20,21,22). The zero-order valence-corrected chi connectivity index (χ0v) is 13.4. The molecule has 3 rings (SSSR count). The number of carbonyl (C=O) groups is 1. The molecule has 1 heterocycles. The monoisotopic (exact) mass is 372 g/mol. The lowest BCUT2D eigenvalue weighted by Crippen LogP contribution is -2.13. The summed E-state index contributed by atoms with van der Waals surface area (Å²) in [5.74, 6) is -5.08. The van der Waals surface area contributed by atoms with Crippen LogP contribution in [0, 0.1) is 23.3 Å². The van der Waals surface area contributed by atoms with Crippen molar-refractivity contribution in [2.45, 2.75) is 4.90 Å². The molecule has 0 aliphatic rings. The van der Waals surface area contributed by atoms with Gasteiger partial charge in [0.25, 0.3) is 0 Å². The Kier molecular flexibility index (Phi) is 4.72. The lowest BCUT2D eigenvalue weighted by Gasteiger charge is -2.02. The summed E-state index contributed by atoms with van der Waals surface area (Å²) in [5.41, 5.74) is -0.333. The van der Waals surface area contributed by atoms with Crippen LogP contribution in [0.4, 0.5) is 22.7 Å². The maximum Gasteiger partial charge on any atom is 0.236 e. The van der Waals surface area contributed by atoms with Crippen molar-refractivity contribution in [2.24, 2.45) is 0 Å². The molecule has 0 atom stereocenters. The van der Waals surface area contributed by atoms with Gasteiger partial charge in [0.05, 0.1) is 10.5 Å². The van der Waals surface area contributed by atoms with E-state index in [0.29, 0.717) is 4.90 Å². The highest BCUT2D eigenvalue weighted by Crippen LogP contribution is 2.30. The zero-order valence-electron chi connectivity index (χ0n) is 11.8. The van der Waals surface area contributed by atoms with Crippen LogP contribution in [0.3, 0.4) is 0 Å². The van der Waals surface area contributed by atoms with Crippen LogP contribution in [0.25, 0.3) is 10.2 Å². The number of hydrogen-bond donors (Lipinski definition) is 1. The first-order chi connectivity index (χ1) is 11.4. The third-order valence-corrected chi connectivity index (χ3v) is 4.88. The normalized spacial score (nSPS) is 11.0. The van der Waals surface area contributed by atoms with Gasteiger partial charge in [0.15, 0.2) is 22.6 Å². The number of anilines is 1. The summed E-state index contributed by atoms with van der Waals surface area (Å²) in [5, 5.41) is 2.48. The summed E-state index contributed by atoms with van der Waals surface area (Å²) in [6.45, 7) is 0. The van der Waals surface area contributed by atoms with Gasteiger partial charge in [-0.25, -0.2) is 22.5 Å². The highest BCUT2D eigenvalue weighted by molar-refractivity contribution is 8.00. The van der Waals surface area contributed by atoms with Crippen LogP contribution < -0.4 is 5.32 Å². The fourth-order valence-corrected chi connectivity index (χ4v) is 3.47. The molecule has 0 fully saturated rings. The molecule has 1 N–H and O–H groups in total. The molecule has 3 nitrogen and oxygen atoms in total. The number of amides is 1. The number of thioether (sulfide) groups is 1. The van der Waals surface area contributed by atoms with E-state index < -0.39 is 23.4 Å². The molecule has 0 aliphatic carbocycles. The van der Waals surface area contributed by atoms with Gasteiger partial charge in [0.1, 0.15) is 11.3 Å². The van der Waals surface area contributed by atoms with E-state index in [1.165, 1.54) is 36.0 Å². The summed E-state index contributed by atoms with van der Waals surface area (Å²) < 4.78 is 52.8. The van der Waals surface area contributed by atoms with Crippen molar-refractivity contribution in [2.75, 3.05) is 11.1 Å². The third kappa shape index (κ3) is 3.51. The van der Waals surface area contributed by atoms with Crippen molar-refractivity contribution in [3.05, 3.63) is 53.6 Å². The van der Waals surface area contributed by atoms with Crippen LogP contribution >= 0.6 is 23.1 Å². The van der Waals surface area contributed by atoms with Gasteiger partial charge in [-0.2, -0.15) is 0 Å². The molecular formula is C15H8F4N2OS2. The Balaban J connectivity index is 1.69. The molecule has 2 aromatic carbocycles. The molecule has 24 heavy (non-hydrogen) atoms. The summed E-state index contributed by atoms with van der Waals surface area (Å²) in [4.78, 5) is 16.3. The van der Waals surface area contributed by atoms with Gasteiger partial charge in [-0.3, -0.25) is 4.79 Å². The number of fused-ring (bicyclic) bond motifs is 1. The number of nitrogens with one attached hydrogen (secondary N) is 1. The molecule has 3 aromatic rings. The van der Waals surface area contributed by atoms with Gasteiger partial charge in [0, 0.05) is 4.90 Å². The number of thiazole rings is 1. The van der Waals surface area contributed by atoms with Gasteiger partial charge in [-0.05, 0) is 30.3 Å². The van der Waals surface area contributed by atoms with Gasteiger partial charge in [-0.1, -0.05) is 11.3 Å². The smallest absolute Gasteiger partial charge is 0.236 e. The second-order valence-corrected chi connectivity index (χ2v) is 6.72. The van der Waals surface area contributed by atoms with Crippen molar-refractivity contribution in [1.82, 2.24) is 4.98 Å². The highest BCUT2D eigenvalue weighted by atomic mass is 32.2. The second-order valence-electron chi connectivity index (χ2n) is 4.64. The van der Waals surface area contributed by atoms with Crippen molar-refractivity contribution < 1.29 is 22.4 Å². The van der Waals surface area contributed by atoms with E-state index in [0.717, 1.165) is 17.4 Å². The van der Waals surface area contributed by atoms with E-state index in [1.54, 1.807) is 0 Å². The topological polar surface area (TPSA) is 42.0 Å². The highest BCUT2D eigenvalue weighted by Gasteiger charge is 2.18. The number of benzene rings is 2. The van der Waals surface area contributed by atoms with E-state index in [1.807, 2.05) is 0 Å². The van der Waals surface area contributed by atoms with Gasteiger partial charge < -0.3 is 5.32 Å². The Bertz CT molecular complexity index is 912. The van der Waals surface area contributed by atoms with E-state index in [2.05, 4.69) is 10.3 Å². The van der Waals surface area contributed by atoms with Crippen molar-refractivity contribution in [1.29, 1.82) is 0 Å². The van der Waals surface area contributed by atoms with E-state index >= 15 is 0 Å². The van der Waals surface area contributed by atoms with Crippen LogP contribution in [0.5, 0.6) is 0 Å². The van der Waals surface area contributed by atoms with Gasteiger partial charge in [-0.15, -0.1) is 11.8 Å². The molecule has 1 amide bonds. The van der Waals surface area contributed by atoms with E-state index in [-0.39, 0.29) is 26.9 Å². The van der Waals surface area contributed by atoms with Crippen LogP contribution in [-0.4, -0.2) is 16.6 Å².